The predicted molar refractivity (Wildman–Crippen MR) is 79.4 cm³/mol. The van der Waals surface area contributed by atoms with Crippen molar-refractivity contribution in [2.75, 3.05) is 23.7 Å². The number of aromatic nitrogens is 1. The van der Waals surface area contributed by atoms with Gasteiger partial charge in [-0.05, 0) is 26.3 Å². The number of anilines is 2. The van der Waals surface area contributed by atoms with E-state index in [0.717, 1.165) is 24.3 Å². The minimum atomic E-state index is 0.0812. The summed E-state index contributed by atoms with van der Waals surface area (Å²) in [6, 6.07) is 2.23. The van der Waals surface area contributed by atoms with Crippen LogP contribution in [0.3, 0.4) is 0 Å². The lowest BCUT2D eigenvalue weighted by Gasteiger charge is -2.12. The van der Waals surface area contributed by atoms with Gasteiger partial charge in [0.15, 0.2) is 0 Å². The third-order valence-electron chi connectivity index (χ3n) is 2.82. The van der Waals surface area contributed by atoms with Crippen LogP contribution in [0.15, 0.2) is 18.5 Å². The van der Waals surface area contributed by atoms with Crippen molar-refractivity contribution in [2.24, 2.45) is 0 Å². The van der Waals surface area contributed by atoms with Crippen molar-refractivity contribution >= 4 is 17.3 Å². The Kier molecular flexibility index (Phi) is 6.71. The van der Waals surface area contributed by atoms with Crippen LogP contribution in [0.25, 0.3) is 0 Å². The normalized spacial score (nSPS) is 11.7. The van der Waals surface area contributed by atoms with Gasteiger partial charge in [0, 0.05) is 25.6 Å². The van der Waals surface area contributed by atoms with Crippen LogP contribution in [0.4, 0.5) is 11.4 Å². The number of pyridine rings is 1. The highest BCUT2D eigenvalue weighted by atomic mass is 16.1. The molecule has 0 aliphatic heterocycles. The van der Waals surface area contributed by atoms with E-state index >= 15 is 0 Å². The number of amides is 1. The number of nitrogens with zero attached hydrogens (tertiary/aromatic N) is 1. The lowest BCUT2D eigenvalue weighted by molar-refractivity contribution is -0.121. The summed E-state index contributed by atoms with van der Waals surface area (Å²) in [5.74, 6) is 0.0812. The van der Waals surface area contributed by atoms with E-state index in [2.05, 4.69) is 27.9 Å². The Morgan fingerprint density at radius 2 is 1.95 bits per heavy atom. The van der Waals surface area contributed by atoms with Gasteiger partial charge in [-0.3, -0.25) is 9.78 Å². The third kappa shape index (κ3) is 6.08. The molecule has 1 aromatic heterocycles. The Hall–Kier alpha value is -1.78. The van der Waals surface area contributed by atoms with E-state index in [-0.39, 0.29) is 11.9 Å². The molecule has 1 aromatic rings. The summed E-state index contributed by atoms with van der Waals surface area (Å²) in [5, 5.41) is 9.34. The summed E-state index contributed by atoms with van der Waals surface area (Å²) in [6.45, 7) is 7.58. The van der Waals surface area contributed by atoms with Gasteiger partial charge in [-0.25, -0.2) is 0 Å². The Labute approximate surface area is 115 Å². The zero-order valence-electron chi connectivity index (χ0n) is 12.0. The topological polar surface area (TPSA) is 66.0 Å². The molecule has 106 valence electrons. The van der Waals surface area contributed by atoms with Gasteiger partial charge in [0.05, 0.1) is 23.8 Å². The average Bonchev–Trinajstić information content (AvgIpc) is 2.39. The molecule has 0 saturated heterocycles. The van der Waals surface area contributed by atoms with Crippen LogP contribution >= 0.6 is 0 Å². The van der Waals surface area contributed by atoms with E-state index in [9.17, 15) is 4.79 Å². The Morgan fingerprint density at radius 3 is 2.58 bits per heavy atom. The highest BCUT2D eigenvalue weighted by Crippen LogP contribution is 2.12. The van der Waals surface area contributed by atoms with E-state index < -0.39 is 0 Å². The minimum Gasteiger partial charge on any atom is -0.384 e. The maximum absolute atomic E-state index is 11.6. The molecule has 1 unspecified atom stereocenters. The molecule has 0 aromatic carbocycles. The molecule has 1 rings (SSSR count). The first kappa shape index (κ1) is 15.3. The second-order valence-corrected chi connectivity index (χ2v) is 4.55. The van der Waals surface area contributed by atoms with Crippen LogP contribution in [-0.2, 0) is 4.79 Å². The fourth-order valence-electron chi connectivity index (χ4n) is 1.61. The van der Waals surface area contributed by atoms with Crippen LogP contribution in [0, 0.1) is 0 Å². The first-order chi connectivity index (χ1) is 9.15. The molecule has 0 spiro atoms. The van der Waals surface area contributed by atoms with E-state index in [4.69, 9.17) is 0 Å². The Bertz CT molecular complexity index is 395. The summed E-state index contributed by atoms with van der Waals surface area (Å²) in [4.78, 5) is 15.7. The Balaban J connectivity index is 2.32. The lowest BCUT2D eigenvalue weighted by Crippen LogP contribution is -2.32. The van der Waals surface area contributed by atoms with Crippen molar-refractivity contribution in [3.05, 3.63) is 18.5 Å². The molecule has 1 atom stereocenters. The maximum atomic E-state index is 11.6. The van der Waals surface area contributed by atoms with Gasteiger partial charge in [0.1, 0.15) is 0 Å². The summed E-state index contributed by atoms with van der Waals surface area (Å²) in [7, 11) is 0. The van der Waals surface area contributed by atoms with Crippen LogP contribution < -0.4 is 16.0 Å². The SMILES string of the molecule is CCNc1cncc(NCCC(=O)NC(C)CC)c1. The van der Waals surface area contributed by atoms with Gasteiger partial charge in [-0.1, -0.05) is 6.92 Å². The number of carbonyl (C=O) groups excluding carboxylic acids is 1. The number of nitrogens with one attached hydrogen (secondary N) is 3. The summed E-state index contributed by atoms with van der Waals surface area (Å²) >= 11 is 0. The molecule has 0 bridgehead atoms. The third-order valence-corrected chi connectivity index (χ3v) is 2.82. The highest BCUT2D eigenvalue weighted by Gasteiger charge is 2.04. The standard InChI is InChI=1S/C14H24N4O/c1-4-11(3)18-14(19)6-7-17-13-8-12(16-5-2)9-15-10-13/h8-11,16-17H,4-7H2,1-3H3,(H,18,19). The lowest BCUT2D eigenvalue weighted by atomic mass is 10.2. The molecule has 0 aliphatic carbocycles. The van der Waals surface area contributed by atoms with Crippen LogP contribution in [0.2, 0.25) is 0 Å². The smallest absolute Gasteiger partial charge is 0.221 e. The molecule has 1 amide bonds. The van der Waals surface area contributed by atoms with E-state index in [0.29, 0.717) is 13.0 Å². The van der Waals surface area contributed by atoms with E-state index in [1.807, 2.05) is 19.9 Å². The molecule has 0 aliphatic rings. The van der Waals surface area contributed by atoms with E-state index in [1.165, 1.54) is 0 Å². The van der Waals surface area contributed by atoms with Crippen LogP contribution in [0.5, 0.6) is 0 Å². The summed E-state index contributed by atoms with van der Waals surface area (Å²) in [6.07, 6.45) is 4.96. The van der Waals surface area contributed by atoms with Crippen molar-refractivity contribution in [3.63, 3.8) is 0 Å². The van der Waals surface area contributed by atoms with Gasteiger partial charge in [-0.15, -0.1) is 0 Å². The molecule has 19 heavy (non-hydrogen) atoms. The fourth-order valence-corrected chi connectivity index (χ4v) is 1.61. The molecule has 5 nitrogen and oxygen atoms in total. The molecule has 5 heteroatoms. The molecule has 3 N–H and O–H groups in total. The zero-order chi connectivity index (χ0) is 14.1. The van der Waals surface area contributed by atoms with Gasteiger partial charge in [0.25, 0.3) is 0 Å². The van der Waals surface area contributed by atoms with E-state index in [1.54, 1.807) is 12.4 Å². The molecule has 1 heterocycles. The van der Waals surface area contributed by atoms with Gasteiger partial charge in [0.2, 0.25) is 5.91 Å². The molecule has 0 radical (unpaired) electrons. The largest absolute Gasteiger partial charge is 0.384 e. The average molecular weight is 264 g/mol. The second kappa shape index (κ2) is 8.34. The van der Waals surface area contributed by atoms with Crippen molar-refractivity contribution in [1.29, 1.82) is 0 Å². The van der Waals surface area contributed by atoms with Crippen LogP contribution in [0.1, 0.15) is 33.6 Å². The molecular weight excluding hydrogens is 240 g/mol. The van der Waals surface area contributed by atoms with Crippen LogP contribution in [-0.4, -0.2) is 30.0 Å². The quantitative estimate of drug-likeness (QED) is 0.673. The second-order valence-electron chi connectivity index (χ2n) is 4.55. The summed E-state index contributed by atoms with van der Waals surface area (Å²) in [5.41, 5.74) is 1.91. The van der Waals surface area contributed by atoms with Gasteiger partial charge < -0.3 is 16.0 Å². The predicted octanol–water partition coefficient (Wildman–Crippen LogP) is 2.23. The molecule has 0 fully saturated rings. The number of hydrogen-bond donors (Lipinski definition) is 3. The zero-order valence-corrected chi connectivity index (χ0v) is 12.0. The number of hydrogen-bond acceptors (Lipinski definition) is 4. The highest BCUT2D eigenvalue weighted by molar-refractivity contribution is 5.76. The molecule has 0 saturated carbocycles. The monoisotopic (exact) mass is 264 g/mol. The first-order valence-corrected chi connectivity index (χ1v) is 6.87. The molecular formula is C14H24N4O. The van der Waals surface area contributed by atoms with Crippen molar-refractivity contribution in [2.45, 2.75) is 39.7 Å². The summed E-state index contributed by atoms with van der Waals surface area (Å²) < 4.78 is 0. The van der Waals surface area contributed by atoms with Crippen molar-refractivity contribution in [1.82, 2.24) is 10.3 Å². The fraction of sp³-hybridized carbons (Fsp3) is 0.571. The van der Waals surface area contributed by atoms with Crippen molar-refractivity contribution in [3.8, 4) is 0 Å². The first-order valence-electron chi connectivity index (χ1n) is 6.87. The minimum absolute atomic E-state index is 0.0812. The van der Waals surface area contributed by atoms with Gasteiger partial charge >= 0.3 is 0 Å². The van der Waals surface area contributed by atoms with Gasteiger partial charge in [-0.2, -0.15) is 0 Å². The number of rotatable bonds is 8. The Morgan fingerprint density at radius 1 is 1.26 bits per heavy atom. The van der Waals surface area contributed by atoms with Crippen molar-refractivity contribution < 1.29 is 4.79 Å². The maximum Gasteiger partial charge on any atom is 0.221 e. The number of carbonyl (C=O) groups is 1.